The van der Waals surface area contributed by atoms with Crippen molar-refractivity contribution < 1.29 is 23.8 Å². The van der Waals surface area contributed by atoms with Crippen molar-refractivity contribution in [2.24, 2.45) is 0 Å². The molecule has 1 aromatic carbocycles. The maximum absolute atomic E-state index is 11.8. The summed E-state index contributed by atoms with van der Waals surface area (Å²) >= 11 is 0. The molecule has 0 saturated carbocycles. The van der Waals surface area contributed by atoms with E-state index in [9.17, 15) is 9.59 Å². The summed E-state index contributed by atoms with van der Waals surface area (Å²) in [6, 6.07) is 7.49. The zero-order valence-corrected chi connectivity index (χ0v) is 25.8. The van der Waals surface area contributed by atoms with E-state index in [1.165, 1.54) is 0 Å². The van der Waals surface area contributed by atoms with Gasteiger partial charge in [0.2, 0.25) is 5.95 Å². The number of ether oxygens (including phenoxy) is 3. The van der Waals surface area contributed by atoms with Crippen molar-refractivity contribution in [2.45, 2.75) is 71.9 Å². The van der Waals surface area contributed by atoms with Crippen LogP contribution in [-0.4, -0.2) is 78.6 Å². The van der Waals surface area contributed by atoms with Crippen molar-refractivity contribution in [2.75, 3.05) is 31.6 Å². The highest BCUT2D eigenvalue weighted by molar-refractivity contribution is 5.73. The molecule has 14 heteroatoms. The Hall–Kier alpha value is -4.59. The quantitative estimate of drug-likeness (QED) is 0.131. The van der Waals surface area contributed by atoms with Crippen LogP contribution in [0.3, 0.4) is 0 Å². The van der Waals surface area contributed by atoms with Gasteiger partial charge in [-0.1, -0.05) is 5.21 Å². The van der Waals surface area contributed by atoms with Crippen LogP contribution in [0.2, 0.25) is 0 Å². The van der Waals surface area contributed by atoms with E-state index >= 15 is 0 Å². The van der Waals surface area contributed by atoms with E-state index in [1.54, 1.807) is 24.0 Å². The second-order valence-electron chi connectivity index (χ2n) is 11.1. The van der Waals surface area contributed by atoms with E-state index < -0.39 is 5.60 Å². The summed E-state index contributed by atoms with van der Waals surface area (Å²) in [4.78, 5) is 32.2. The average Bonchev–Trinajstić information content (AvgIpc) is 3.61. The van der Waals surface area contributed by atoms with Crippen molar-refractivity contribution in [1.29, 1.82) is 0 Å². The molecule has 0 radical (unpaired) electrons. The zero-order valence-electron chi connectivity index (χ0n) is 25.8. The normalized spacial score (nSPS) is 11.5. The van der Waals surface area contributed by atoms with Gasteiger partial charge in [-0.25, -0.2) is 4.98 Å². The standard InChI is InChI=1S/C30H41N9O5/c1-5-42-26(40)10-6-9-17-43-24-13-11-23(12-14-24)39-28-25(36-37-39)19-32-29(35-28)34-22-18-33-38(21-22)16-8-7-15-31-20-27(41)44-30(2,3)4/h11-14,18-19,21,31H,5-10,15-17,20H2,1-4H3,(H,32,34,35). The molecule has 0 aliphatic heterocycles. The Bertz CT molecular complexity index is 1490. The van der Waals surface area contributed by atoms with Gasteiger partial charge >= 0.3 is 11.9 Å². The fourth-order valence-corrected chi connectivity index (χ4v) is 4.21. The van der Waals surface area contributed by atoms with Crippen LogP contribution in [0.15, 0.2) is 42.9 Å². The van der Waals surface area contributed by atoms with Crippen LogP contribution in [0.4, 0.5) is 11.6 Å². The molecule has 3 aromatic heterocycles. The average molecular weight is 608 g/mol. The number of aryl methyl sites for hydroxylation is 1. The van der Waals surface area contributed by atoms with Crippen LogP contribution in [0.1, 0.15) is 59.8 Å². The first kappa shape index (κ1) is 32.3. The summed E-state index contributed by atoms with van der Waals surface area (Å²) in [6.45, 7) is 9.93. The Balaban J connectivity index is 1.23. The number of nitrogens with one attached hydrogen (secondary N) is 2. The SMILES string of the molecule is CCOC(=O)CCCCOc1ccc(-n2nnc3cnc(Nc4cnn(CCCCNCC(=O)OC(C)(C)C)c4)nc32)cc1. The maximum Gasteiger partial charge on any atom is 0.320 e. The third-order valence-corrected chi connectivity index (χ3v) is 6.19. The molecule has 0 fully saturated rings. The second-order valence-corrected chi connectivity index (χ2v) is 11.1. The monoisotopic (exact) mass is 607 g/mol. The highest BCUT2D eigenvalue weighted by Crippen LogP contribution is 2.20. The number of esters is 2. The van der Waals surface area contributed by atoms with Gasteiger partial charge in [0.25, 0.3) is 0 Å². The van der Waals surface area contributed by atoms with Gasteiger partial charge in [0.15, 0.2) is 11.2 Å². The number of hydrogen-bond acceptors (Lipinski definition) is 12. The molecule has 4 aromatic rings. The first-order chi connectivity index (χ1) is 21.2. The van der Waals surface area contributed by atoms with Gasteiger partial charge in [0.1, 0.15) is 11.4 Å². The number of anilines is 2. The lowest BCUT2D eigenvalue weighted by atomic mass is 10.2. The topological polar surface area (TPSA) is 160 Å². The summed E-state index contributed by atoms with van der Waals surface area (Å²) in [5.74, 6) is 0.692. The maximum atomic E-state index is 11.8. The van der Waals surface area contributed by atoms with E-state index in [0.717, 1.165) is 55.9 Å². The Kier molecular flexibility index (Phi) is 11.6. The summed E-state index contributed by atoms with van der Waals surface area (Å²) < 4.78 is 19.5. The molecule has 0 amide bonds. The van der Waals surface area contributed by atoms with Crippen molar-refractivity contribution in [3.8, 4) is 11.4 Å². The van der Waals surface area contributed by atoms with Crippen molar-refractivity contribution in [3.63, 3.8) is 0 Å². The summed E-state index contributed by atoms with van der Waals surface area (Å²) in [7, 11) is 0. The minimum absolute atomic E-state index is 0.177. The predicted octanol–water partition coefficient (Wildman–Crippen LogP) is 3.97. The molecule has 0 atom stereocenters. The molecule has 0 saturated heterocycles. The van der Waals surface area contributed by atoms with Gasteiger partial charge in [-0.15, -0.1) is 5.10 Å². The fourth-order valence-electron chi connectivity index (χ4n) is 4.21. The van der Waals surface area contributed by atoms with E-state index in [1.807, 2.05) is 55.9 Å². The van der Waals surface area contributed by atoms with Gasteiger partial charge in [0, 0.05) is 19.2 Å². The van der Waals surface area contributed by atoms with Crippen molar-refractivity contribution in [3.05, 3.63) is 42.9 Å². The summed E-state index contributed by atoms with van der Waals surface area (Å²) in [5.41, 5.74) is 2.18. The molecule has 0 aliphatic rings. The molecular weight excluding hydrogens is 566 g/mol. The zero-order chi connectivity index (χ0) is 31.4. The van der Waals surface area contributed by atoms with E-state index in [2.05, 4.69) is 36.0 Å². The van der Waals surface area contributed by atoms with Gasteiger partial charge in [-0.05, 0) is 84.2 Å². The molecule has 0 bridgehead atoms. The number of unbranched alkanes of at least 4 members (excludes halogenated alkanes) is 2. The number of rotatable bonds is 17. The minimum atomic E-state index is -0.474. The van der Waals surface area contributed by atoms with E-state index in [4.69, 9.17) is 14.2 Å². The van der Waals surface area contributed by atoms with E-state index in [0.29, 0.717) is 36.7 Å². The molecule has 0 aliphatic carbocycles. The Morgan fingerprint density at radius 3 is 2.59 bits per heavy atom. The van der Waals surface area contributed by atoms with Crippen LogP contribution in [-0.2, 0) is 25.6 Å². The summed E-state index contributed by atoms with van der Waals surface area (Å²) in [6.07, 6.45) is 8.91. The third-order valence-electron chi connectivity index (χ3n) is 6.19. The number of carbonyl (C=O) groups excluding carboxylic acids is 2. The number of aromatic nitrogens is 7. The Morgan fingerprint density at radius 1 is 1.00 bits per heavy atom. The lowest BCUT2D eigenvalue weighted by molar-refractivity contribution is -0.153. The predicted molar refractivity (Wildman–Crippen MR) is 164 cm³/mol. The minimum Gasteiger partial charge on any atom is -0.494 e. The lowest BCUT2D eigenvalue weighted by Gasteiger charge is -2.19. The molecule has 44 heavy (non-hydrogen) atoms. The molecule has 0 unspecified atom stereocenters. The Morgan fingerprint density at radius 2 is 1.82 bits per heavy atom. The van der Waals surface area contributed by atoms with Crippen LogP contribution < -0.4 is 15.4 Å². The molecular formula is C30H41N9O5. The van der Waals surface area contributed by atoms with Gasteiger partial charge in [-0.3, -0.25) is 14.3 Å². The first-order valence-corrected chi connectivity index (χ1v) is 14.9. The van der Waals surface area contributed by atoms with Gasteiger partial charge in [0.05, 0.1) is 43.5 Å². The molecule has 2 N–H and O–H groups in total. The smallest absolute Gasteiger partial charge is 0.320 e. The molecule has 236 valence electrons. The third kappa shape index (κ3) is 10.3. The highest BCUT2D eigenvalue weighted by Gasteiger charge is 2.15. The highest BCUT2D eigenvalue weighted by atomic mass is 16.6. The first-order valence-electron chi connectivity index (χ1n) is 14.9. The fraction of sp³-hybridized carbons (Fsp3) is 0.500. The van der Waals surface area contributed by atoms with Gasteiger partial charge < -0.3 is 24.8 Å². The molecule has 0 spiro atoms. The molecule has 4 rings (SSSR count). The van der Waals surface area contributed by atoms with Crippen LogP contribution in [0, 0.1) is 0 Å². The molecule has 3 heterocycles. The molecule has 14 nitrogen and oxygen atoms in total. The number of carbonyl (C=O) groups is 2. The van der Waals surface area contributed by atoms with Crippen LogP contribution in [0.25, 0.3) is 16.9 Å². The summed E-state index contributed by atoms with van der Waals surface area (Å²) in [5, 5.41) is 19.2. The van der Waals surface area contributed by atoms with Crippen molar-refractivity contribution in [1.82, 2.24) is 40.1 Å². The van der Waals surface area contributed by atoms with Crippen LogP contribution >= 0.6 is 0 Å². The number of fused-ring (bicyclic) bond motifs is 1. The lowest BCUT2D eigenvalue weighted by Crippen LogP contribution is -2.31. The van der Waals surface area contributed by atoms with Gasteiger partial charge in [-0.2, -0.15) is 14.8 Å². The van der Waals surface area contributed by atoms with E-state index in [-0.39, 0.29) is 18.5 Å². The number of nitrogens with zero attached hydrogens (tertiary/aromatic N) is 7. The Labute approximate surface area is 256 Å². The number of hydrogen-bond donors (Lipinski definition) is 2. The second kappa shape index (κ2) is 15.8. The largest absolute Gasteiger partial charge is 0.494 e. The van der Waals surface area contributed by atoms with Crippen molar-refractivity contribution >= 4 is 34.7 Å². The van der Waals surface area contributed by atoms with Crippen LogP contribution in [0.5, 0.6) is 5.75 Å². The number of benzene rings is 1.